The monoisotopic (exact) mass is 278 g/mol. The fraction of sp³-hybridized carbons (Fsp3) is 0.692. The summed E-state index contributed by atoms with van der Waals surface area (Å²) in [7, 11) is 0. The number of nitrogens with zero attached hydrogens (tertiary/aromatic N) is 2. The number of hydrogen-bond donors (Lipinski definition) is 3. The Bertz CT molecular complexity index is 541. The molecule has 2 fully saturated rings. The molecule has 3 rings (SSSR count). The number of fused-ring (bicyclic) bond motifs is 2. The van der Waals surface area contributed by atoms with Gasteiger partial charge in [0.2, 0.25) is 5.82 Å². The maximum atomic E-state index is 12.1. The van der Waals surface area contributed by atoms with Gasteiger partial charge in [-0.3, -0.25) is 14.7 Å². The van der Waals surface area contributed by atoms with Crippen LogP contribution in [0.25, 0.3) is 0 Å². The quantitative estimate of drug-likeness (QED) is 0.747. The molecule has 0 radical (unpaired) electrons. The van der Waals surface area contributed by atoms with E-state index in [1.807, 2.05) is 6.92 Å². The Morgan fingerprint density at radius 3 is 2.80 bits per heavy atom. The molecular weight excluding hydrogens is 260 g/mol. The van der Waals surface area contributed by atoms with Gasteiger partial charge in [-0.1, -0.05) is 6.92 Å². The molecule has 3 N–H and O–H groups in total. The van der Waals surface area contributed by atoms with E-state index in [9.17, 15) is 14.7 Å². The van der Waals surface area contributed by atoms with Crippen molar-refractivity contribution in [1.82, 2.24) is 20.5 Å². The maximum absolute atomic E-state index is 12.1. The fourth-order valence-corrected chi connectivity index (χ4v) is 3.63. The third kappa shape index (κ3) is 2.07. The second kappa shape index (κ2) is 4.88. The van der Waals surface area contributed by atoms with Gasteiger partial charge in [-0.15, -0.1) is 5.10 Å². The molecule has 2 saturated carbocycles. The van der Waals surface area contributed by atoms with Crippen LogP contribution in [0.2, 0.25) is 0 Å². The second-order valence-electron chi connectivity index (χ2n) is 5.66. The lowest BCUT2D eigenvalue weighted by molar-refractivity contribution is -0.144. The molecule has 1 aromatic heterocycles. The zero-order valence-corrected chi connectivity index (χ0v) is 11.3. The van der Waals surface area contributed by atoms with Gasteiger partial charge in [0.1, 0.15) is 5.82 Å². The van der Waals surface area contributed by atoms with Crippen molar-refractivity contribution in [2.45, 2.75) is 38.6 Å². The molecule has 0 saturated heterocycles. The first-order valence-corrected chi connectivity index (χ1v) is 7.05. The van der Waals surface area contributed by atoms with E-state index in [0.717, 1.165) is 19.3 Å². The molecule has 2 bridgehead atoms. The van der Waals surface area contributed by atoms with Gasteiger partial charge in [0.05, 0.1) is 5.92 Å². The van der Waals surface area contributed by atoms with Crippen LogP contribution < -0.4 is 5.32 Å². The highest BCUT2D eigenvalue weighted by molar-refractivity contribution is 5.91. The fourth-order valence-electron chi connectivity index (χ4n) is 3.63. The van der Waals surface area contributed by atoms with Crippen LogP contribution in [0, 0.1) is 17.8 Å². The molecule has 2 aliphatic carbocycles. The smallest absolute Gasteiger partial charge is 0.308 e. The summed E-state index contributed by atoms with van der Waals surface area (Å²) >= 11 is 0. The zero-order chi connectivity index (χ0) is 14.3. The topological polar surface area (TPSA) is 108 Å². The van der Waals surface area contributed by atoms with Crippen LogP contribution in [0.15, 0.2) is 0 Å². The average Bonchev–Trinajstić information content (AvgIpc) is 3.13. The van der Waals surface area contributed by atoms with Crippen LogP contribution in [0.1, 0.15) is 42.6 Å². The third-order valence-corrected chi connectivity index (χ3v) is 4.57. The van der Waals surface area contributed by atoms with E-state index in [2.05, 4.69) is 20.5 Å². The van der Waals surface area contributed by atoms with Gasteiger partial charge in [0.25, 0.3) is 5.91 Å². The van der Waals surface area contributed by atoms with E-state index in [1.54, 1.807) is 0 Å². The molecule has 4 unspecified atom stereocenters. The molecule has 2 aliphatic rings. The number of rotatable bonds is 4. The molecule has 1 aromatic rings. The van der Waals surface area contributed by atoms with Crippen LogP contribution >= 0.6 is 0 Å². The Balaban J connectivity index is 1.73. The van der Waals surface area contributed by atoms with Gasteiger partial charge in [0.15, 0.2) is 0 Å². The summed E-state index contributed by atoms with van der Waals surface area (Å²) in [5, 5.41) is 18.7. The first-order valence-electron chi connectivity index (χ1n) is 7.05. The highest BCUT2D eigenvalue weighted by Gasteiger charge is 2.51. The molecule has 7 nitrogen and oxygen atoms in total. The van der Waals surface area contributed by atoms with Crippen LogP contribution in [0.3, 0.4) is 0 Å². The van der Waals surface area contributed by atoms with Gasteiger partial charge >= 0.3 is 5.97 Å². The Morgan fingerprint density at radius 2 is 2.15 bits per heavy atom. The molecular formula is C13H18N4O3. The van der Waals surface area contributed by atoms with E-state index < -0.39 is 11.9 Å². The number of aromatic amines is 1. The Morgan fingerprint density at radius 1 is 1.40 bits per heavy atom. The molecule has 0 spiro atoms. The normalized spacial score (nSPS) is 31.4. The summed E-state index contributed by atoms with van der Waals surface area (Å²) in [6.07, 6.45) is 3.52. The number of carbonyl (C=O) groups excluding carboxylic acids is 1. The van der Waals surface area contributed by atoms with Crippen molar-refractivity contribution in [3.05, 3.63) is 11.6 Å². The van der Waals surface area contributed by atoms with E-state index in [-0.39, 0.29) is 29.6 Å². The van der Waals surface area contributed by atoms with Crippen molar-refractivity contribution in [3.63, 3.8) is 0 Å². The minimum Gasteiger partial charge on any atom is -0.481 e. The predicted octanol–water partition coefficient (Wildman–Crippen LogP) is 0.596. The molecule has 1 amide bonds. The number of carboxylic acids is 1. The van der Waals surface area contributed by atoms with E-state index >= 15 is 0 Å². The van der Waals surface area contributed by atoms with Crippen molar-refractivity contribution >= 4 is 11.9 Å². The number of H-pyrrole nitrogens is 1. The number of hydrogen-bond acceptors (Lipinski definition) is 4. The molecule has 108 valence electrons. The standard InChI is InChI=1S/C13H18N4O3/c1-2-8-14-11(17-16-8)12(18)15-10-7-4-3-6(5-7)9(10)13(19)20/h6-7,9-10H,2-5H2,1H3,(H,15,18)(H,19,20)(H,14,16,17). The van der Waals surface area contributed by atoms with Crippen LogP contribution in [0.4, 0.5) is 0 Å². The summed E-state index contributed by atoms with van der Waals surface area (Å²) in [4.78, 5) is 27.6. The Kier molecular flexibility index (Phi) is 3.19. The number of aryl methyl sites for hydroxylation is 1. The molecule has 20 heavy (non-hydrogen) atoms. The van der Waals surface area contributed by atoms with Gasteiger partial charge in [0, 0.05) is 12.5 Å². The van der Waals surface area contributed by atoms with Crippen molar-refractivity contribution in [2.24, 2.45) is 17.8 Å². The lowest BCUT2D eigenvalue weighted by Crippen LogP contribution is -2.47. The molecule has 7 heteroatoms. The zero-order valence-electron chi connectivity index (χ0n) is 11.3. The number of nitrogens with one attached hydrogen (secondary N) is 2. The SMILES string of the molecule is CCc1nc(C(=O)NC2C3CCC(C3)C2C(=O)O)n[nH]1. The minimum atomic E-state index is -0.813. The van der Waals surface area contributed by atoms with Crippen molar-refractivity contribution < 1.29 is 14.7 Å². The van der Waals surface area contributed by atoms with Gasteiger partial charge in [-0.25, -0.2) is 4.98 Å². The average molecular weight is 278 g/mol. The summed E-state index contributed by atoms with van der Waals surface area (Å²) < 4.78 is 0. The van der Waals surface area contributed by atoms with Gasteiger partial charge in [-0.2, -0.15) is 0 Å². The van der Waals surface area contributed by atoms with Crippen LogP contribution in [-0.2, 0) is 11.2 Å². The Labute approximate surface area is 116 Å². The Hall–Kier alpha value is -1.92. The number of aromatic nitrogens is 3. The number of amides is 1. The van der Waals surface area contributed by atoms with Crippen molar-refractivity contribution in [3.8, 4) is 0 Å². The summed E-state index contributed by atoms with van der Waals surface area (Å²) in [6.45, 7) is 1.92. The van der Waals surface area contributed by atoms with Gasteiger partial charge in [-0.05, 0) is 31.1 Å². The second-order valence-corrected chi connectivity index (χ2v) is 5.66. The largest absolute Gasteiger partial charge is 0.481 e. The predicted molar refractivity (Wildman–Crippen MR) is 69.0 cm³/mol. The number of carboxylic acid groups (broad SMARTS) is 1. The highest BCUT2D eigenvalue weighted by Crippen LogP contribution is 2.48. The summed E-state index contributed by atoms with van der Waals surface area (Å²) in [5.74, 6) is -0.457. The number of carbonyl (C=O) groups is 2. The number of aliphatic carboxylic acids is 1. The van der Waals surface area contributed by atoms with E-state index in [4.69, 9.17) is 0 Å². The lowest BCUT2D eigenvalue weighted by atomic mass is 9.84. The molecule has 4 atom stereocenters. The van der Waals surface area contributed by atoms with Crippen LogP contribution in [0.5, 0.6) is 0 Å². The van der Waals surface area contributed by atoms with Crippen molar-refractivity contribution in [1.29, 1.82) is 0 Å². The van der Waals surface area contributed by atoms with Crippen molar-refractivity contribution in [2.75, 3.05) is 0 Å². The molecule has 1 heterocycles. The van der Waals surface area contributed by atoms with E-state index in [1.165, 1.54) is 0 Å². The molecule has 0 aromatic carbocycles. The lowest BCUT2D eigenvalue weighted by Gasteiger charge is -2.28. The van der Waals surface area contributed by atoms with E-state index in [0.29, 0.717) is 12.2 Å². The first-order chi connectivity index (χ1) is 9.60. The maximum Gasteiger partial charge on any atom is 0.308 e. The summed E-state index contributed by atoms with van der Waals surface area (Å²) in [6, 6.07) is -0.290. The summed E-state index contributed by atoms with van der Waals surface area (Å²) in [5.41, 5.74) is 0. The van der Waals surface area contributed by atoms with Crippen LogP contribution in [-0.4, -0.2) is 38.2 Å². The first kappa shape index (κ1) is 13.1. The minimum absolute atomic E-state index is 0.0914. The highest BCUT2D eigenvalue weighted by atomic mass is 16.4. The molecule has 0 aliphatic heterocycles. The third-order valence-electron chi connectivity index (χ3n) is 4.57. The van der Waals surface area contributed by atoms with Gasteiger partial charge < -0.3 is 10.4 Å².